The van der Waals surface area contributed by atoms with E-state index in [2.05, 4.69) is 31.2 Å². The Balaban J connectivity index is 1.91. The van der Waals surface area contributed by atoms with Crippen molar-refractivity contribution in [3.63, 3.8) is 0 Å². The monoisotopic (exact) mass is 192 g/mol. The van der Waals surface area contributed by atoms with E-state index in [0.29, 0.717) is 0 Å². The van der Waals surface area contributed by atoms with Gasteiger partial charge in [0, 0.05) is 6.42 Å². The number of benzene rings is 1. The molecule has 1 aliphatic rings. The van der Waals surface area contributed by atoms with E-state index in [1.165, 1.54) is 5.56 Å². The van der Waals surface area contributed by atoms with Crippen molar-refractivity contribution in [1.82, 2.24) is 0 Å². The Hall–Kier alpha value is -0.860. The van der Waals surface area contributed by atoms with Crippen molar-refractivity contribution in [3.8, 4) is 0 Å². The Labute approximate surface area is 84.8 Å². The van der Waals surface area contributed by atoms with Crippen LogP contribution in [0.25, 0.3) is 0 Å². The first-order valence-corrected chi connectivity index (χ1v) is 5.12. The third-order valence-corrected chi connectivity index (χ3v) is 2.39. The first kappa shape index (κ1) is 9.69. The highest BCUT2D eigenvalue weighted by molar-refractivity contribution is 5.15. The summed E-state index contributed by atoms with van der Waals surface area (Å²) in [5, 5.41) is 0. The molecule has 2 rings (SSSR count). The van der Waals surface area contributed by atoms with Gasteiger partial charge in [-0.15, -0.1) is 0 Å². The molecule has 0 amide bonds. The molecule has 2 unspecified atom stereocenters. The van der Waals surface area contributed by atoms with Gasteiger partial charge in [-0.3, -0.25) is 0 Å². The van der Waals surface area contributed by atoms with Crippen molar-refractivity contribution in [2.24, 2.45) is 0 Å². The van der Waals surface area contributed by atoms with E-state index in [9.17, 15) is 0 Å². The fourth-order valence-electron chi connectivity index (χ4n) is 1.76. The first-order chi connectivity index (χ1) is 6.84. The van der Waals surface area contributed by atoms with Crippen molar-refractivity contribution < 1.29 is 9.47 Å². The minimum atomic E-state index is 0.223. The molecule has 2 atom stereocenters. The summed E-state index contributed by atoms with van der Waals surface area (Å²) in [5.74, 6) is 0. The molecule has 1 aromatic rings. The van der Waals surface area contributed by atoms with Gasteiger partial charge >= 0.3 is 0 Å². The lowest BCUT2D eigenvalue weighted by Crippen LogP contribution is -2.35. The maximum Gasteiger partial charge on any atom is 0.0853 e. The molecule has 0 N–H and O–H groups in total. The SMILES string of the molecule is CC1COCC(Cc2ccccc2)O1. The molecule has 2 heteroatoms. The van der Waals surface area contributed by atoms with Gasteiger partial charge in [-0.25, -0.2) is 0 Å². The number of hydrogen-bond acceptors (Lipinski definition) is 2. The zero-order chi connectivity index (χ0) is 9.80. The summed E-state index contributed by atoms with van der Waals surface area (Å²) in [7, 11) is 0. The molecule has 76 valence electrons. The number of ether oxygens (including phenoxy) is 2. The summed E-state index contributed by atoms with van der Waals surface area (Å²) in [6, 6.07) is 10.4. The van der Waals surface area contributed by atoms with Gasteiger partial charge in [-0.1, -0.05) is 30.3 Å². The van der Waals surface area contributed by atoms with Crippen LogP contribution in [-0.2, 0) is 15.9 Å². The minimum absolute atomic E-state index is 0.223. The molecule has 1 heterocycles. The molecule has 0 bridgehead atoms. The van der Waals surface area contributed by atoms with Crippen LogP contribution in [0.15, 0.2) is 30.3 Å². The molecule has 1 saturated heterocycles. The molecule has 0 radical (unpaired) electrons. The summed E-state index contributed by atoms with van der Waals surface area (Å²) in [6.45, 7) is 3.50. The van der Waals surface area contributed by atoms with Gasteiger partial charge in [-0.05, 0) is 12.5 Å². The standard InChI is InChI=1S/C12H16O2/c1-10-8-13-9-12(14-10)7-11-5-3-2-4-6-11/h2-6,10,12H,7-9H2,1H3. The van der Waals surface area contributed by atoms with Crippen LogP contribution in [0, 0.1) is 0 Å². The van der Waals surface area contributed by atoms with Crippen molar-refractivity contribution >= 4 is 0 Å². The lowest BCUT2D eigenvalue weighted by molar-refractivity contribution is -0.129. The fraction of sp³-hybridized carbons (Fsp3) is 0.500. The maximum absolute atomic E-state index is 5.77. The van der Waals surface area contributed by atoms with E-state index in [4.69, 9.17) is 9.47 Å². The van der Waals surface area contributed by atoms with Gasteiger partial charge in [0.25, 0.3) is 0 Å². The number of rotatable bonds is 2. The lowest BCUT2D eigenvalue weighted by Gasteiger charge is -2.28. The second-order valence-corrected chi connectivity index (χ2v) is 3.80. The van der Waals surface area contributed by atoms with Crippen LogP contribution >= 0.6 is 0 Å². The Kier molecular flexibility index (Phi) is 3.17. The Morgan fingerprint density at radius 3 is 2.71 bits per heavy atom. The smallest absolute Gasteiger partial charge is 0.0853 e. The second kappa shape index (κ2) is 4.58. The Bertz CT molecular complexity index is 271. The van der Waals surface area contributed by atoms with Crippen molar-refractivity contribution in [1.29, 1.82) is 0 Å². The van der Waals surface area contributed by atoms with Crippen molar-refractivity contribution in [2.75, 3.05) is 13.2 Å². The predicted octanol–water partition coefficient (Wildman–Crippen LogP) is 2.03. The number of hydrogen-bond donors (Lipinski definition) is 0. The van der Waals surface area contributed by atoms with E-state index in [1.807, 2.05) is 6.07 Å². The molecule has 0 aliphatic carbocycles. The lowest BCUT2D eigenvalue weighted by atomic mass is 10.1. The average Bonchev–Trinajstić information content (AvgIpc) is 2.19. The highest BCUT2D eigenvalue weighted by Crippen LogP contribution is 2.12. The van der Waals surface area contributed by atoms with Crippen LogP contribution in [0.1, 0.15) is 12.5 Å². The summed E-state index contributed by atoms with van der Waals surface area (Å²) >= 11 is 0. The second-order valence-electron chi connectivity index (χ2n) is 3.80. The molecule has 14 heavy (non-hydrogen) atoms. The van der Waals surface area contributed by atoms with E-state index >= 15 is 0 Å². The summed E-state index contributed by atoms with van der Waals surface area (Å²) < 4.78 is 11.2. The van der Waals surface area contributed by atoms with Crippen LogP contribution in [0.2, 0.25) is 0 Å². The summed E-state index contributed by atoms with van der Waals surface area (Å²) in [5.41, 5.74) is 1.32. The van der Waals surface area contributed by atoms with E-state index < -0.39 is 0 Å². The molecule has 2 nitrogen and oxygen atoms in total. The van der Waals surface area contributed by atoms with Crippen LogP contribution in [0.3, 0.4) is 0 Å². The third-order valence-electron chi connectivity index (χ3n) is 2.39. The van der Waals surface area contributed by atoms with Gasteiger partial charge in [0.2, 0.25) is 0 Å². The Morgan fingerprint density at radius 2 is 2.00 bits per heavy atom. The molecular weight excluding hydrogens is 176 g/mol. The first-order valence-electron chi connectivity index (χ1n) is 5.12. The molecular formula is C12H16O2. The summed E-state index contributed by atoms with van der Waals surface area (Å²) in [4.78, 5) is 0. The van der Waals surface area contributed by atoms with Crippen LogP contribution in [0.4, 0.5) is 0 Å². The van der Waals surface area contributed by atoms with E-state index in [0.717, 1.165) is 19.6 Å². The van der Waals surface area contributed by atoms with Gasteiger partial charge in [0.05, 0.1) is 25.4 Å². The topological polar surface area (TPSA) is 18.5 Å². The molecule has 0 saturated carbocycles. The zero-order valence-corrected chi connectivity index (χ0v) is 8.48. The molecule has 1 aliphatic heterocycles. The van der Waals surface area contributed by atoms with E-state index in [-0.39, 0.29) is 12.2 Å². The van der Waals surface area contributed by atoms with Gasteiger partial charge in [0.15, 0.2) is 0 Å². The van der Waals surface area contributed by atoms with Crippen LogP contribution in [-0.4, -0.2) is 25.4 Å². The van der Waals surface area contributed by atoms with Gasteiger partial charge < -0.3 is 9.47 Å². The van der Waals surface area contributed by atoms with Crippen LogP contribution < -0.4 is 0 Å². The quantitative estimate of drug-likeness (QED) is 0.714. The highest BCUT2D eigenvalue weighted by atomic mass is 16.6. The highest BCUT2D eigenvalue weighted by Gasteiger charge is 2.19. The molecule has 0 aromatic heterocycles. The average molecular weight is 192 g/mol. The van der Waals surface area contributed by atoms with Crippen molar-refractivity contribution in [3.05, 3.63) is 35.9 Å². The van der Waals surface area contributed by atoms with Crippen LogP contribution in [0.5, 0.6) is 0 Å². The van der Waals surface area contributed by atoms with Crippen molar-refractivity contribution in [2.45, 2.75) is 25.6 Å². The van der Waals surface area contributed by atoms with E-state index in [1.54, 1.807) is 0 Å². The normalized spacial score (nSPS) is 27.5. The summed E-state index contributed by atoms with van der Waals surface area (Å²) in [6.07, 6.45) is 1.41. The molecule has 1 aromatic carbocycles. The minimum Gasteiger partial charge on any atom is -0.376 e. The Morgan fingerprint density at radius 1 is 1.21 bits per heavy atom. The largest absolute Gasteiger partial charge is 0.376 e. The van der Waals surface area contributed by atoms with Gasteiger partial charge in [-0.2, -0.15) is 0 Å². The fourth-order valence-corrected chi connectivity index (χ4v) is 1.76. The van der Waals surface area contributed by atoms with Gasteiger partial charge in [0.1, 0.15) is 0 Å². The zero-order valence-electron chi connectivity index (χ0n) is 8.48. The predicted molar refractivity (Wildman–Crippen MR) is 55.3 cm³/mol. The maximum atomic E-state index is 5.77. The third kappa shape index (κ3) is 2.56. The molecule has 1 fully saturated rings. The molecule has 0 spiro atoms.